The molecule has 4 aromatic rings. The third-order valence-corrected chi connectivity index (χ3v) is 6.71. The standard InChI is InChI=1S/C27H27BrN4O3/c1-6-16(2)25-30-24-12-9-21(28)14-23(24)26(33)32(25)29-15-20-13-17(3)31(18(20)4)22-10-7-19(8-11-22)27(34)35-5/h7-16H,6H2,1-5H3/t16-/m0/s1. The van der Waals surface area contributed by atoms with Crippen molar-refractivity contribution in [2.75, 3.05) is 7.11 Å². The van der Waals surface area contributed by atoms with Crippen molar-refractivity contribution < 1.29 is 9.53 Å². The van der Waals surface area contributed by atoms with Gasteiger partial charge in [0.1, 0.15) is 5.82 Å². The Bertz CT molecular complexity index is 1500. The molecule has 0 saturated heterocycles. The maximum absolute atomic E-state index is 13.4. The molecule has 2 heterocycles. The van der Waals surface area contributed by atoms with Gasteiger partial charge in [0.25, 0.3) is 5.56 Å². The van der Waals surface area contributed by atoms with Crippen LogP contribution in [0.15, 0.2) is 62.9 Å². The fourth-order valence-electron chi connectivity index (χ4n) is 4.08. The van der Waals surface area contributed by atoms with Gasteiger partial charge in [-0.2, -0.15) is 9.78 Å². The van der Waals surface area contributed by atoms with Crippen molar-refractivity contribution in [3.8, 4) is 5.69 Å². The number of methoxy groups -OCH3 is 1. The highest BCUT2D eigenvalue weighted by Crippen LogP contribution is 2.23. The van der Waals surface area contributed by atoms with E-state index in [-0.39, 0.29) is 17.4 Å². The Morgan fingerprint density at radius 1 is 1.17 bits per heavy atom. The zero-order valence-electron chi connectivity index (χ0n) is 20.4. The van der Waals surface area contributed by atoms with Gasteiger partial charge in [0, 0.05) is 33.0 Å². The molecule has 7 nitrogen and oxygen atoms in total. The molecular weight excluding hydrogens is 508 g/mol. The molecule has 0 fully saturated rings. The second-order valence-electron chi connectivity index (χ2n) is 8.50. The molecule has 2 aromatic heterocycles. The Labute approximate surface area is 212 Å². The first-order chi connectivity index (χ1) is 16.7. The molecule has 0 unspecified atom stereocenters. The van der Waals surface area contributed by atoms with Gasteiger partial charge in [-0.05, 0) is 68.8 Å². The van der Waals surface area contributed by atoms with Crippen molar-refractivity contribution >= 4 is 39.0 Å². The number of benzene rings is 2. The number of esters is 1. The number of aryl methyl sites for hydroxylation is 1. The summed E-state index contributed by atoms with van der Waals surface area (Å²) in [5, 5.41) is 5.12. The van der Waals surface area contributed by atoms with Gasteiger partial charge in [-0.1, -0.05) is 29.8 Å². The van der Waals surface area contributed by atoms with Gasteiger partial charge in [-0.3, -0.25) is 4.79 Å². The van der Waals surface area contributed by atoms with Crippen molar-refractivity contribution in [2.45, 2.75) is 40.0 Å². The van der Waals surface area contributed by atoms with Gasteiger partial charge < -0.3 is 9.30 Å². The van der Waals surface area contributed by atoms with E-state index in [9.17, 15) is 9.59 Å². The van der Waals surface area contributed by atoms with E-state index in [4.69, 9.17) is 9.72 Å². The molecule has 0 aliphatic carbocycles. The van der Waals surface area contributed by atoms with Crippen molar-refractivity contribution in [3.63, 3.8) is 0 Å². The van der Waals surface area contributed by atoms with Crippen LogP contribution in [0.4, 0.5) is 0 Å². The highest BCUT2D eigenvalue weighted by molar-refractivity contribution is 9.10. The SMILES string of the molecule is CC[C@H](C)c1nc2ccc(Br)cc2c(=O)n1N=Cc1cc(C)n(-c2ccc(C(=O)OC)cc2)c1C. The van der Waals surface area contributed by atoms with E-state index >= 15 is 0 Å². The van der Waals surface area contributed by atoms with Gasteiger partial charge in [0.2, 0.25) is 0 Å². The summed E-state index contributed by atoms with van der Waals surface area (Å²) in [7, 11) is 1.37. The van der Waals surface area contributed by atoms with Crippen LogP contribution in [0, 0.1) is 13.8 Å². The lowest BCUT2D eigenvalue weighted by Gasteiger charge is -2.14. The molecule has 2 aromatic carbocycles. The first-order valence-electron chi connectivity index (χ1n) is 11.4. The molecule has 4 rings (SSSR count). The fraction of sp³-hybridized carbons (Fsp3) is 0.259. The third-order valence-electron chi connectivity index (χ3n) is 6.22. The predicted molar refractivity (Wildman–Crippen MR) is 142 cm³/mol. The average molecular weight is 535 g/mol. The number of nitrogens with zero attached hydrogens (tertiary/aromatic N) is 4. The van der Waals surface area contributed by atoms with Crippen LogP contribution in [0.25, 0.3) is 16.6 Å². The summed E-state index contributed by atoms with van der Waals surface area (Å²) >= 11 is 3.44. The molecule has 0 radical (unpaired) electrons. The summed E-state index contributed by atoms with van der Waals surface area (Å²) < 4.78 is 9.10. The molecule has 0 amide bonds. The number of halogens is 1. The van der Waals surface area contributed by atoms with Gasteiger partial charge in [-0.15, -0.1) is 0 Å². The molecule has 180 valence electrons. The number of aromatic nitrogens is 3. The van der Waals surface area contributed by atoms with E-state index in [2.05, 4.69) is 32.5 Å². The Morgan fingerprint density at radius 3 is 2.54 bits per heavy atom. The van der Waals surface area contributed by atoms with Crippen molar-refractivity contribution in [2.24, 2.45) is 5.10 Å². The lowest BCUT2D eigenvalue weighted by atomic mass is 10.1. The van der Waals surface area contributed by atoms with Crippen LogP contribution in [-0.4, -0.2) is 33.5 Å². The van der Waals surface area contributed by atoms with Crippen LogP contribution in [0.1, 0.15) is 59.3 Å². The maximum atomic E-state index is 13.4. The van der Waals surface area contributed by atoms with Crippen LogP contribution in [0.3, 0.4) is 0 Å². The number of rotatable bonds is 6. The van der Waals surface area contributed by atoms with E-state index in [0.717, 1.165) is 33.5 Å². The molecule has 0 bridgehead atoms. The third kappa shape index (κ3) is 4.71. The first-order valence-corrected chi connectivity index (χ1v) is 12.2. The first kappa shape index (κ1) is 24.6. The fourth-order valence-corrected chi connectivity index (χ4v) is 4.44. The number of carbonyl (C=O) groups excluding carboxylic acids is 1. The summed E-state index contributed by atoms with van der Waals surface area (Å²) in [5.74, 6) is 0.327. The van der Waals surface area contributed by atoms with Gasteiger partial charge in [0.15, 0.2) is 0 Å². The Kier molecular flexibility index (Phi) is 7.03. The van der Waals surface area contributed by atoms with Gasteiger partial charge >= 0.3 is 5.97 Å². The van der Waals surface area contributed by atoms with E-state index < -0.39 is 0 Å². The van der Waals surface area contributed by atoms with Crippen LogP contribution >= 0.6 is 15.9 Å². The smallest absolute Gasteiger partial charge is 0.337 e. The van der Waals surface area contributed by atoms with E-state index in [1.807, 2.05) is 51.1 Å². The predicted octanol–water partition coefficient (Wildman–Crippen LogP) is 5.75. The second kappa shape index (κ2) is 10.00. The molecule has 0 spiro atoms. The zero-order chi connectivity index (χ0) is 25.3. The van der Waals surface area contributed by atoms with Crippen molar-refractivity contribution in [1.29, 1.82) is 0 Å². The molecular formula is C27H27BrN4O3. The number of carbonyl (C=O) groups is 1. The lowest BCUT2D eigenvalue weighted by Crippen LogP contribution is -2.23. The molecule has 1 atom stereocenters. The Balaban J connectivity index is 1.78. The van der Waals surface area contributed by atoms with Gasteiger partial charge in [0.05, 0.1) is 29.8 Å². The van der Waals surface area contributed by atoms with Crippen molar-refractivity contribution in [1.82, 2.24) is 14.2 Å². The topological polar surface area (TPSA) is 78.5 Å². The summed E-state index contributed by atoms with van der Waals surface area (Å²) in [6.07, 6.45) is 2.54. The number of hydrogen-bond acceptors (Lipinski definition) is 5. The summed E-state index contributed by atoms with van der Waals surface area (Å²) in [4.78, 5) is 29.9. The van der Waals surface area contributed by atoms with E-state index in [1.165, 1.54) is 11.8 Å². The quantitative estimate of drug-likeness (QED) is 0.233. The highest BCUT2D eigenvalue weighted by atomic mass is 79.9. The highest BCUT2D eigenvalue weighted by Gasteiger charge is 2.16. The summed E-state index contributed by atoms with van der Waals surface area (Å²) in [6, 6.07) is 14.8. The normalized spacial score (nSPS) is 12.4. The van der Waals surface area contributed by atoms with E-state index in [1.54, 1.807) is 24.4 Å². The largest absolute Gasteiger partial charge is 0.465 e. The maximum Gasteiger partial charge on any atom is 0.337 e. The minimum absolute atomic E-state index is 0.0636. The Morgan fingerprint density at radius 2 is 1.89 bits per heavy atom. The van der Waals surface area contributed by atoms with Crippen LogP contribution in [0.2, 0.25) is 0 Å². The van der Waals surface area contributed by atoms with Crippen LogP contribution in [-0.2, 0) is 4.74 Å². The average Bonchev–Trinajstić information content (AvgIpc) is 3.15. The molecule has 35 heavy (non-hydrogen) atoms. The molecule has 0 aliphatic rings. The molecule has 0 saturated carbocycles. The number of fused-ring (bicyclic) bond motifs is 1. The second-order valence-corrected chi connectivity index (χ2v) is 9.42. The minimum Gasteiger partial charge on any atom is -0.465 e. The zero-order valence-corrected chi connectivity index (χ0v) is 22.0. The molecule has 0 N–H and O–H groups in total. The molecule has 0 aliphatic heterocycles. The van der Waals surface area contributed by atoms with E-state index in [0.29, 0.717) is 22.3 Å². The number of hydrogen-bond donors (Lipinski definition) is 0. The van der Waals surface area contributed by atoms with Crippen molar-refractivity contribution in [3.05, 3.63) is 91.7 Å². The Hall–Kier alpha value is -3.52. The summed E-state index contributed by atoms with van der Waals surface area (Å²) in [5.41, 5.74) is 4.73. The summed E-state index contributed by atoms with van der Waals surface area (Å²) in [6.45, 7) is 8.11. The lowest BCUT2D eigenvalue weighted by molar-refractivity contribution is 0.0600. The van der Waals surface area contributed by atoms with Crippen LogP contribution < -0.4 is 5.56 Å². The number of ether oxygens (including phenoxy) is 1. The van der Waals surface area contributed by atoms with Gasteiger partial charge in [-0.25, -0.2) is 9.78 Å². The molecule has 8 heteroatoms. The minimum atomic E-state index is -0.371. The van der Waals surface area contributed by atoms with Crippen LogP contribution in [0.5, 0.6) is 0 Å². The monoisotopic (exact) mass is 534 g/mol.